The van der Waals surface area contributed by atoms with E-state index in [-0.39, 0.29) is 11.8 Å². The Kier molecular flexibility index (Phi) is 6.46. The van der Waals surface area contributed by atoms with Gasteiger partial charge in [0.25, 0.3) is 0 Å². The summed E-state index contributed by atoms with van der Waals surface area (Å²) in [7, 11) is 0. The van der Waals surface area contributed by atoms with Crippen LogP contribution in [0.3, 0.4) is 0 Å². The number of amides is 1. The zero-order valence-electron chi connectivity index (χ0n) is 21.8. The van der Waals surface area contributed by atoms with Crippen molar-refractivity contribution in [1.29, 1.82) is 0 Å². The second kappa shape index (κ2) is 10.1. The Labute approximate surface area is 226 Å². The van der Waals surface area contributed by atoms with E-state index in [4.69, 9.17) is 15.7 Å². The number of nitrogens with zero attached hydrogens (tertiary/aromatic N) is 4. The molecule has 5 N–H and O–H groups in total. The summed E-state index contributed by atoms with van der Waals surface area (Å²) in [6, 6.07) is 20.4. The van der Waals surface area contributed by atoms with Crippen molar-refractivity contribution in [2.75, 3.05) is 25.4 Å². The normalized spacial score (nSPS) is 18.8. The van der Waals surface area contributed by atoms with Gasteiger partial charge in [-0.1, -0.05) is 48.5 Å². The van der Waals surface area contributed by atoms with Crippen molar-refractivity contribution in [3.05, 3.63) is 78.9 Å². The largest absolute Gasteiger partial charge is 0.389 e. The van der Waals surface area contributed by atoms with Gasteiger partial charge in [0.15, 0.2) is 0 Å². The van der Waals surface area contributed by atoms with E-state index in [1.54, 1.807) is 6.20 Å². The van der Waals surface area contributed by atoms with Gasteiger partial charge in [0, 0.05) is 61.4 Å². The number of rotatable bonds is 8. The van der Waals surface area contributed by atoms with E-state index in [1.807, 2.05) is 40.9 Å². The first-order valence-electron chi connectivity index (χ1n) is 13.2. The Morgan fingerprint density at radius 1 is 1.08 bits per heavy atom. The Morgan fingerprint density at radius 2 is 1.87 bits per heavy atom. The minimum Gasteiger partial charge on any atom is -0.389 e. The number of carbonyl (C=O) groups excluding carboxylic acids is 1. The molecule has 1 amide bonds. The van der Waals surface area contributed by atoms with Crippen LogP contribution in [0.15, 0.2) is 73.1 Å². The number of nitrogen functional groups attached to an aromatic ring is 1. The molecule has 1 aliphatic carbocycles. The molecule has 6 rings (SSSR count). The number of hydrogen-bond donors (Lipinski definition) is 4. The average molecular weight is 522 g/mol. The number of nitrogens with one attached hydrogen (secondary N) is 2. The number of aliphatic hydroxyl groups is 1. The lowest BCUT2D eigenvalue weighted by Crippen LogP contribution is -2.51. The fourth-order valence-corrected chi connectivity index (χ4v) is 5.44. The van der Waals surface area contributed by atoms with E-state index in [0.29, 0.717) is 38.3 Å². The van der Waals surface area contributed by atoms with Crippen LogP contribution in [0.25, 0.3) is 38.9 Å². The Morgan fingerprint density at radius 3 is 2.67 bits per heavy atom. The van der Waals surface area contributed by atoms with Crippen molar-refractivity contribution in [1.82, 2.24) is 30.0 Å². The van der Waals surface area contributed by atoms with Crippen molar-refractivity contribution in [3.8, 4) is 22.5 Å². The third-order valence-electron chi connectivity index (χ3n) is 7.39. The summed E-state index contributed by atoms with van der Waals surface area (Å²) in [5.41, 5.74) is 10.8. The molecule has 1 aliphatic rings. The number of nitrogens with two attached hydrogens (primary N) is 1. The van der Waals surface area contributed by atoms with Crippen LogP contribution in [0.2, 0.25) is 0 Å². The number of benzene rings is 2. The molecular weight excluding hydrogens is 490 g/mol. The first-order valence-corrected chi connectivity index (χ1v) is 13.2. The molecule has 39 heavy (non-hydrogen) atoms. The fourth-order valence-electron chi connectivity index (χ4n) is 5.44. The van der Waals surface area contributed by atoms with Crippen LogP contribution in [0.4, 0.5) is 5.82 Å². The summed E-state index contributed by atoms with van der Waals surface area (Å²) in [6.07, 6.45) is 4.73. The molecular formula is C30H31N7O2. The van der Waals surface area contributed by atoms with Crippen LogP contribution in [0.1, 0.15) is 31.5 Å². The molecule has 0 atom stereocenters. The van der Waals surface area contributed by atoms with Gasteiger partial charge < -0.3 is 21.5 Å². The highest BCUT2D eigenvalue weighted by atomic mass is 16.3. The average Bonchev–Trinajstić information content (AvgIpc) is 3.32. The summed E-state index contributed by atoms with van der Waals surface area (Å²) in [5.74, 6) is 1.29. The van der Waals surface area contributed by atoms with E-state index in [0.717, 1.165) is 44.8 Å². The van der Waals surface area contributed by atoms with Gasteiger partial charge >= 0.3 is 0 Å². The van der Waals surface area contributed by atoms with Crippen LogP contribution in [-0.2, 0) is 4.79 Å². The van der Waals surface area contributed by atoms with Crippen LogP contribution in [0, 0.1) is 0 Å². The van der Waals surface area contributed by atoms with Crippen molar-refractivity contribution < 1.29 is 9.90 Å². The smallest absolute Gasteiger partial charge is 0.216 e. The lowest BCUT2D eigenvalue weighted by Gasteiger charge is -2.43. The van der Waals surface area contributed by atoms with E-state index in [9.17, 15) is 9.90 Å². The van der Waals surface area contributed by atoms with Crippen molar-refractivity contribution in [3.63, 3.8) is 0 Å². The first kappa shape index (κ1) is 25.0. The molecule has 0 unspecified atom stereocenters. The Balaban J connectivity index is 1.28. The molecule has 0 saturated heterocycles. The van der Waals surface area contributed by atoms with Gasteiger partial charge in [-0.2, -0.15) is 0 Å². The molecule has 5 aromatic rings. The van der Waals surface area contributed by atoms with Crippen LogP contribution in [0.5, 0.6) is 0 Å². The van der Waals surface area contributed by atoms with E-state index in [1.165, 1.54) is 6.92 Å². The zero-order chi connectivity index (χ0) is 27.0. The molecule has 3 heterocycles. The number of aromatic nitrogens is 4. The van der Waals surface area contributed by atoms with Gasteiger partial charge in [0.1, 0.15) is 22.9 Å². The highest BCUT2D eigenvalue weighted by Crippen LogP contribution is 2.45. The SMILES string of the molecule is CC(=O)NCCNC[C@]1(O)C[C@H](c2nc(-c3ccc4ccc(-c5ccccc5)nc4c3)c3c(N)nccn32)C1. The summed E-state index contributed by atoms with van der Waals surface area (Å²) >= 11 is 0. The highest BCUT2D eigenvalue weighted by molar-refractivity contribution is 5.91. The van der Waals surface area contributed by atoms with Crippen LogP contribution >= 0.6 is 0 Å². The second-order valence-electron chi connectivity index (χ2n) is 10.3. The minimum atomic E-state index is -0.813. The lowest BCUT2D eigenvalue weighted by atomic mass is 9.70. The van der Waals surface area contributed by atoms with Gasteiger partial charge in [0.2, 0.25) is 5.91 Å². The number of pyridine rings is 1. The number of carbonyl (C=O) groups is 1. The number of hydrogen-bond acceptors (Lipinski definition) is 7. The lowest BCUT2D eigenvalue weighted by molar-refractivity contribution is -0.118. The van der Waals surface area contributed by atoms with Crippen LogP contribution in [-0.4, -0.2) is 55.6 Å². The van der Waals surface area contributed by atoms with Crippen molar-refractivity contribution in [2.24, 2.45) is 0 Å². The maximum Gasteiger partial charge on any atom is 0.216 e. The molecule has 3 aromatic heterocycles. The summed E-state index contributed by atoms with van der Waals surface area (Å²) in [5, 5.41) is 18.0. The first-order chi connectivity index (χ1) is 18.9. The van der Waals surface area contributed by atoms with Gasteiger partial charge in [0.05, 0.1) is 16.8 Å². The van der Waals surface area contributed by atoms with E-state index in [2.05, 4.69) is 45.9 Å². The van der Waals surface area contributed by atoms with Gasteiger partial charge in [-0.05, 0) is 25.0 Å². The predicted molar refractivity (Wildman–Crippen MR) is 152 cm³/mol. The third kappa shape index (κ3) is 4.94. The van der Waals surface area contributed by atoms with Gasteiger partial charge in [-0.3, -0.25) is 9.20 Å². The molecule has 9 heteroatoms. The number of imidazole rings is 1. The van der Waals surface area contributed by atoms with Crippen molar-refractivity contribution >= 4 is 28.1 Å². The predicted octanol–water partition coefficient (Wildman–Crippen LogP) is 3.53. The molecule has 0 spiro atoms. The van der Waals surface area contributed by atoms with E-state index < -0.39 is 5.60 Å². The maximum atomic E-state index is 11.0. The molecule has 2 aromatic carbocycles. The summed E-state index contributed by atoms with van der Waals surface area (Å²) in [4.78, 5) is 25.4. The summed E-state index contributed by atoms with van der Waals surface area (Å²) < 4.78 is 2.00. The molecule has 9 nitrogen and oxygen atoms in total. The molecule has 1 saturated carbocycles. The summed E-state index contributed by atoms with van der Waals surface area (Å²) in [6.45, 7) is 3.09. The van der Waals surface area contributed by atoms with Crippen LogP contribution < -0.4 is 16.4 Å². The molecule has 1 fully saturated rings. The van der Waals surface area contributed by atoms with E-state index >= 15 is 0 Å². The highest BCUT2D eigenvalue weighted by Gasteiger charge is 2.45. The molecule has 0 aliphatic heterocycles. The quantitative estimate of drug-likeness (QED) is 0.230. The molecule has 198 valence electrons. The Hall–Kier alpha value is -4.34. The minimum absolute atomic E-state index is 0.0613. The van der Waals surface area contributed by atoms with Gasteiger partial charge in [-0.25, -0.2) is 15.0 Å². The molecule has 0 bridgehead atoms. The standard InChI is InChI=1S/C30H31N7O2/c1-19(38)33-12-11-32-18-30(39)16-23(17-30)29-36-26(27-28(31)34-13-14-37(27)29)22-8-7-21-9-10-24(35-25(21)15-22)20-5-3-2-4-6-20/h2-10,13-15,23,32,39H,11-12,16-18H2,1H3,(H2,31,34)(H,33,38)/t23-,30-. The maximum absolute atomic E-state index is 11.0. The molecule has 0 radical (unpaired) electrons. The Bertz CT molecular complexity index is 1660. The monoisotopic (exact) mass is 521 g/mol. The third-order valence-corrected chi connectivity index (χ3v) is 7.39. The van der Waals surface area contributed by atoms with Gasteiger partial charge in [-0.15, -0.1) is 0 Å². The number of anilines is 1. The fraction of sp³-hybridized carbons (Fsp3) is 0.267. The number of fused-ring (bicyclic) bond motifs is 2. The van der Waals surface area contributed by atoms with Crippen molar-refractivity contribution in [2.45, 2.75) is 31.3 Å². The second-order valence-corrected chi connectivity index (χ2v) is 10.3. The topological polar surface area (TPSA) is 130 Å². The zero-order valence-corrected chi connectivity index (χ0v) is 21.8.